The molecule has 0 aromatic carbocycles. The Bertz CT molecular complexity index is 406. The molecule has 259 valence electrons. The molecule has 0 nitrogen and oxygen atoms in total. The summed E-state index contributed by atoms with van der Waals surface area (Å²) >= 11 is 0. The quantitative estimate of drug-likeness (QED) is 0.0471. The predicted molar refractivity (Wildman–Crippen MR) is 203 cm³/mol. The van der Waals surface area contributed by atoms with Crippen molar-refractivity contribution < 1.29 is 0 Å². The van der Waals surface area contributed by atoms with Crippen LogP contribution in [0.4, 0.5) is 0 Å². The van der Waals surface area contributed by atoms with Gasteiger partial charge in [0.05, 0.1) is 0 Å². The van der Waals surface area contributed by atoms with Gasteiger partial charge >= 0.3 is 0 Å². The van der Waals surface area contributed by atoms with Gasteiger partial charge in [0.15, 0.2) is 0 Å². The third-order valence-electron chi connectivity index (χ3n) is 9.84. The number of hydrogen-bond donors (Lipinski definition) is 0. The van der Waals surface area contributed by atoms with Gasteiger partial charge in [0, 0.05) is 0 Å². The summed E-state index contributed by atoms with van der Waals surface area (Å²) in [6.45, 7) is 4.62. The van der Waals surface area contributed by atoms with Crippen LogP contribution in [-0.2, 0) is 0 Å². The Balaban J connectivity index is 3.02. The van der Waals surface area contributed by atoms with Crippen LogP contribution in [0.5, 0.6) is 0 Å². The molecule has 0 N–H and O–H groups in total. The van der Waals surface area contributed by atoms with E-state index in [1.54, 1.807) is 8.58 Å². The smallest absolute Gasteiger partial charge is 0.0287 e. The van der Waals surface area contributed by atoms with Crippen LogP contribution in [0.15, 0.2) is 0 Å². The summed E-state index contributed by atoms with van der Waals surface area (Å²) in [5.74, 6) is 0. The van der Waals surface area contributed by atoms with E-state index in [1.807, 2.05) is 0 Å². The maximum Gasteiger partial charge on any atom is -0.0287 e. The molecule has 0 fully saturated rings. The third-order valence-corrected chi connectivity index (χ3v) is 11.1. The van der Waals surface area contributed by atoms with Crippen molar-refractivity contribution in [2.45, 2.75) is 258 Å². The minimum absolute atomic E-state index is 1.37. The minimum Gasteiger partial charge on any atom is -0.0810 e. The van der Waals surface area contributed by atoms with E-state index in [0.29, 0.717) is 0 Å². The summed E-state index contributed by atoms with van der Waals surface area (Å²) < 4.78 is 0. The molecule has 0 unspecified atom stereocenters. The molecule has 0 saturated carbocycles. The van der Waals surface area contributed by atoms with Gasteiger partial charge in [-0.3, -0.25) is 0 Å². The van der Waals surface area contributed by atoms with Crippen molar-refractivity contribution in [2.24, 2.45) is 0 Å². The zero-order chi connectivity index (χ0) is 31.0. The summed E-state index contributed by atoms with van der Waals surface area (Å²) in [6, 6.07) is 0. The zero-order valence-corrected chi connectivity index (χ0v) is 31.6. The van der Waals surface area contributed by atoms with Crippen molar-refractivity contribution in [1.29, 1.82) is 0 Å². The first-order valence-electron chi connectivity index (χ1n) is 21.0. The summed E-state index contributed by atoms with van der Waals surface area (Å²) in [5.41, 5.74) is 0. The van der Waals surface area contributed by atoms with Gasteiger partial charge in [0.25, 0.3) is 0 Å². The van der Waals surface area contributed by atoms with Gasteiger partial charge in [-0.25, -0.2) is 0 Å². The molecule has 0 spiro atoms. The molecule has 1 radical (unpaired) electrons. The highest BCUT2D eigenvalue weighted by Gasteiger charge is 1.98. The molecular weight excluding hydrogens is 535 g/mol. The molecule has 0 aliphatic carbocycles. The lowest BCUT2D eigenvalue weighted by Gasteiger charge is -2.05. The molecule has 0 aromatic heterocycles. The molecular formula is C42H86P. The summed E-state index contributed by atoms with van der Waals surface area (Å²) in [5, 5.41) is 0. The van der Waals surface area contributed by atoms with Gasteiger partial charge < -0.3 is 0 Å². The Morgan fingerprint density at radius 2 is 0.326 bits per heavy atom. The van der Waals surface area contributed by atoms with Gasteiger partial charge in [-0.2, -0.15) is 0 Å². The lowest BCUT2D eigenvalue weighted by molar-refractivity contribution is 0.524. The molecule has 0 aliphatic heterocycles. The van der Waals surface area contributed by atoms with Crippen molar-refractivity contribution in [3.8, 4) is 0 Å². The zero-order valence-electron chi connectivity index (χ0n) is 30.7. The standard InChI is InChI=1S/C42H86P/c1-3-5-7-9-11-13-15-17-19-21-23-25-27-29-31-33-35-37-39-41-43-42-40-38-36-34-32-30-28-26-24-22-20-18-16-14-12-10-8-6-4-2/h3-42H2,1-2H3. The maximum absolute atomic E-state index is 2.31. The molecule has 0 aromatic rings. The highest BCUT2D eigenvalue weighted by molar-refractivity contribution is 7.37. The predicted octanol–water partition coefficient (Wildman–Crippen LogP) is 16.8. The number of rotatable bonds is 40. The highest BCUT2D eigenvalue weighted by Crippen LogP contribution is 2.20. The molecule has 43 heavy (non-hydrogen) atoms. The van der Waals surface area contributed by atoms with E-state index >= 15 is 0 Å². The Labute approximate surface area is 278 Å². The van der Waals surface area contributed by atoms with Gasteiger partial charge in [-0.15, -0.1) is 0 Å². The average molecular weight is 622 g/mol. The van der Waals surface area contributed by atoms with E-state index in [2.05, 4.69) is 13.8 Å². The molecule has 1 heteroatoms. The highest BCUT2D eigenvalue weighted by atomic mass is 31.1. The van der Waals surface area contributed by atoms with E-state index in [-0.39, 0.29) is 0 Å². The molecule has 0 rings (SSSR count). The normalized spacial score (nSPS) is 11.6. The van der Waals surface area contributed by atoms with E-state index < -0.39 is 0 Å². The summed E-state index contributed by atoms with van der Waals surface area (Å²) in [6.07, 6.45) is 59.2. The second-order valence-electron chi connectivity index (χ2n) is 14.4. The van der Waals surface area contributed by atoms with Crippen LogP contribution in [0.2, 0.25) is 0 Å². The number of hydrogen-bond acceptors (Lipinski definition) is 0. The van der Waals surface area contributed by atoms with Crippen molar-refractivity contribution in [3.05, 3.63) is 0 Å². The van der Waals surface area contributed by atoms with E-state index in [0.717, 1.165) is 0 Å². The summed E-state index contributed by atoms with van der Waals surface area (Å²) in [7, 11) is 1.74. The SMILES string of the molecule is CCCCCCCCCCCCCCCCCCCCC[P]CCCCCCCCCCCCCCCCCCCCC. The number of unbranched alkanes of at least 4 members (excludes halogenated alkanes) is 36. The summed E-state index contributed by atoms with van der Waals surface area (Å²) in [4.78, 5) is 0. The minimum atomic E-state index is 1.37. The molecule has 0 saturated heterocycles. The van der Waals surface area contributed by atoms with Crippen LogP contribution in [0, 0.1) is 0 Å². The Morgan fingerprint density at radius 3 is 0.488 bits per heavy atom. The Kier molecular flexibility index (Phi) is 42.9. The van der Waals surface area contributed by atoms with Gasteiger partial charge in [0.1, 0.15) is 0 Å². The van der Waals surface area contributed by atoms with Gasteiger partial charge in [0.2, 0.25) is 0 Å². The first-order valence-corrected chi connectivity index (χ1v) is 22.3. The van der Waals surface area contributed by atoms with Crippen LogP contribution >= 0.6 is 8.58 Å². The van der Waals surface area contributed by atoms with Crippen LogP contribution in [0.3, 0.4) is 0 Å². The molecule has 0 bridgehead atoms. The second-order valence-corrected chi connectivity index (χ2v) is 15.7. The van der Waals surface area contributed by atoms with Crippen molar-refractivity contribution >= 4 is 8.58 Å². The van der Waals surface area contributed by atoms with Crippen LogP contribution in [-0.4, -0.2) is 12.3 Å². The van der Waals surface area contributed by atoms with Crippen molar-refractivity contribution in [2.75, 3.05) is 12.3 Å². The van der Waals surface area contributed by atoms with Gasteiger partial charge in [-0.1, -0.05) is 254 Å². The van der Waals surface area contributed by atoms with E-state index in [1.165, 1.54) is 256 Å². The fraction of sp³-hybridized carbons (Fsp3) is 1.00. The van der Waals surface area contributed by atoms with Crippen LogP contribution in [0.25, 0.3) is 0 Å². The van der Waals surface area contributed by atoms with E-state index in [4.69, 9.17) is 0 Å². The molecule has 0 atom stereocenters. The fourth-order valence-electron chi connectivity index (χ4n) is 6.72. The molecule has 0 aliphatic rings. The first-order chi connectivity index (χ1) is 21.4. The van der Waals surface area contributed by atoms with Crippen LogP contribution < -0.4 is 0 Å². The van der Waals surface area contributed by atoms with Gasteiger partial charge in [-0.05, 0) is 25.2 Å². The lowest BCUT2D eigenvalue weighted by atomic mass is 10.0. The fourth-order valence-corrected chi connectivity index (χ4v) is 7.83. The van der Waals surface area contributed by atoms with E-state index in [9.17, 15) is 0 Å². The van der Waals surface area contributed by atoms with Crippen LogP contribution in [0.1, 0.15) is 258 Å². The molecule has 0 amide bonds. The lowest BCUT2D eigenvalue weighted by Crippen LogP contribution is -1.86. The Morgan fingerprint density at radius 1 is 0.186 bits per heavy atom. The average Bonchev–Trinajstić information content (AvgIpc) is 3.02. The monoisotopic (exact) mass is 622 g/mol. The second kappa shape index (κ2) is 42.4. The largest absolute Gasteiger partial charge is 0.0810 e. The maximum atomic E-state index is 2.31. The molecule has 0 heterocycles. The topological polar surface area (TPSA) is 0 Å². The Hall–Kier alpha value is 0.430. The van der Waals surface area contributed by atoms with Crippen molar-refractivity contribution in [1.82, 2.24) is 0 Å². The van der Waals surface area contributed by atoms with Crippen molar-refractivity contribution in [3.63, 3.8) is 0 Å². The first kappa shape index (κ1) is 43.4. The third kappa shape index (κ3) is 42.4.